The number of hydrogen-bond acceptors (Lipinski definition) is 2. The summed E-state index contributed by atoms with van der Waals surface area (Å²) in [5.41, 5.74) is 6.20. The summed E-state index contributed by atoms with van der Waals surface area (Å²) in [5, 5.41) is 3.29. The van der Waals surface area contributed by atoms with Crippen LogP contribution in [0.25, 0.3) is 0 Å². The van der Waals surface area contributed by atoms with Gasteiger partial charge in [0.25, 0.3) is 0 Å². The van der Waals surface area contributed by atoms with Crippen molar-refractivity contribution in [2.24, 2.45) is 17.6 Å². The third kappa shape index (κ3) is 4.47. The van der Waals surface area contributed by atoms with Crippen LogP contribution in [0.3, 0.4) is 0 Å². The lowest BCUT2D eigenvalue weighted by molar-refractivity contribution is -0.126. The maximum Gasteiger partial charge on any atom is 0.224 e. The number of nitrogens with two attached hydrogens (primary N) is 1. The van der Waals surface area contributed by atoms with Crippen molar-refractivity contribution in [1.82, 2.24) is 5.32 Å². The lowest BCUT2D eigenvalue weighted by Crippen LogP contribution is -2.46. The highest BCUT2D eigenvalue weighted by Gasteiger charge is 2.29. The van der Waals surface area contributed by atoms with E-state index in [1.54, 1.807) is 0 Å². The van der Waals surface area contributed by atoms with Gasteiger partial charge in [0.15, 0.2) is 0 Å². The van der Waals surface area contributed by atoms with Gasteiger partial charge in [-0.1, -0.05) is 44.9 Å². The van der Waals surface area contributed by atoms with E-state index in [-0.39, 0.29) is 17.9 Å². The van der Waals surface area contributed by atoms with Crippen molar-refractivity contribution < 1.29 is 4.79 Å². The first kappa shape index (κ1) is 15.8. The molecule has 3 N–H and O–H groups in total. The van der Waals surface area contributed by atoms with Gasteiger partial charge >= 0.3 is 0 Å². The van der Waals surface area contributed by atoms with Crippen LogP contribution in [-0.4, -0.2) is 18.0 Å². The molecule has 2 fully saturated rings. The van der Waals surface area contributed by atoms with E-state index in [1.165, 1.54) is 51.4 Å². The molecule has 3 atom stereocenters. The largest absolute Gasteiger partial charge is 0.353 e. The van der Waals surface area contributed by atoms with Crippen LogP contribution in [0.5, 0.6) is 0 Å². The minimum atomic E-state index is 0.0470. The zero-order chi connectivity index (χ0) is 14.4. The second-order valence-corrected chi connectivity index (χ2v) is 6.96. The van der Waals surface area contributed by atoms with Gasteiger partial charge in [-0.05, 0) is 38.5 Å². The zero-order valence-corrected chi connectivity index (χ0v) is 13.1. The highest BCUT2D eigenvalue weighted by Crippen LogP contribution is 2.27. The molecule has 1 amide bonds. The lowest BCUT2D eigenvalue weighted by Gasteiger charge is -2.27. The van der Waals surface area contributed by atoms with Crippen LogP contribution < -0.4 is 11.1 Å². The molecule has 3 heteroatoms. The van der Waals surface area contributed by atoms with Gasteiger partial charge in [-0.15, -0.1) is 0 Å². The Bertz CT molecular complexity index is 297. The fourth-order valence-electron chi connectivity index (χ4n) is 3.92. The first-order chi connectivity index (χ1) is 9.68. The minimum absolute atomic E-state index is 0.0470. The molecule has 2 aliphatic carbocycles. The summed E-state index contributed by atoms with van der Waals surface area (Å²) in [6.45, 7) is 2.19. The standard InChI is InChI=1S/C17H32N2O/c1-13(14-9-5-2-3-6-10-14)19-17(20)15-11-7-4-8-12-16(15)18/h13-16H,2-12,18H2,1H3,(H,19,20)/t13-,15?,16?/m1/s1. The van der Waals surface area contributed by atoms with Crippen molar-refractivity contribution in [3.8, 4) is 0 Å². The van der Waals surface area contributed by atoms with Crippen LogP contribution >= 0.6 is 0 Å². The molecule has 2 rings (SSSR count). The maximum atomic E-state index is 12.5. The molecule has 0 aromatic carbocycles. The first-order valence-electron chi connectivity index (χ1n) is 8.74. The molecular formula is C17H32N2O. The van der Waals surface area contributed by atoms with E-state index in [2.05, 4.69) is 12.2 Å². The van der Waals surface area contributed by atoms with E-state index in [0.717, 1.165) is 19.3 Å². The van der Waals surface area contributed by atoms with E-state index in [9.17, 15) is 4.79 Å². The summed E-state index contributed by atoms with van der Waals surface area (Å²) >= 11 is 0. The number of amides is 1. The zero-order valence-electron chi connectivity index (χ0n) is 13.1. The van der Waals surface area contributed by atoms with Crippen molar-refractivity contribution in [2.75, 3.05) is 0 Å². The monoisotopic (exact) mass is 280 g/mol. The van der Waals surface area contributed by atoms with Crippen molar-refractivity contribution in [3.05, 3.63) is 0 Å². The Kier molecular flexibility index (Phi) is 6.34. The summed E-state index contributed by atoms with van der Waals surface area (Å²) < 4.78 is 0. The Morgan fingerprint density at radius 2 is 1.50 bits per heavy atom. The lowest BCUT2D eigenvalue weighted by atomic mass is 9.90. The number of rotatable bonds is 3. The van der Waals surface area contributed by atoms with Crippen LogP contribution in [0, 0.1) is 11.8 Å². The average Bonchev–Trinajstić information content (AvgIpc) is 2.80. The molecule has 116 valence electrons. The Morgan fingerprint density at radius 1 is 0.950 bits per heavy atom. The predicted octanol–water partition coefficient (Wildman–Crippen LogP) is 3.37. The third-order valence-electron chi connectivity index (χ3n) is 5.38. The number of carbonyl (C=O) groups is 1. The van der Waals surface area contributed by atoms with E-state index < -0.39 is 0 Å². The molecule has 0 aromatic rings. The molecule has 0 spiro atoms. The summed E-state index contributed by atoms with van der Waals surface area (Å²) in [7, 11) is 0. The van der Waals surface area contributed by atoms with Gasteiger partial charge in [0.2, 0.25) is 5.91 Å². The highest BCUT2D eigenvalue weighted by molar-refractivity contribution is 5.79. The van der Waals surface area contributed by atoms with Crippen molar-refractivity contribution >= 4 is 5.91 Å². The second-order valence-electron chi connectivity index (χ2n) is 6.96. The van der Waals surface area contributed by atoms with Gasteiger partial charge in [0.1, 0.15) is 0 Å². The average molecular weight is 280 g/mol. The summed E-state index contributed by atoms with van der Waals surface area (Å²) in [4.78, 5) is 12.5. The van der Waals surface area contributed by atoms with Crippen molar-refractivity contribution in [3.63, 3.8) is 0 Å². The molecule has 20 heavy (non-hydrogen) atoms. The number of nitrogens with one attached hydrogen (secondary N) is 1. The molecule has 0 bridgehead atoms. The summed E-state index contributed by atoms with van der Waals surface area (Å²) in [6, 6.07) is 0.384. The summed E-state index contributed by atoms with van der Waals surface area (Å²) in [5.74, 6) is 0.935. The molecule has 2 unspecified atom stereocenters. The van der Waals surface area contributed by atoms with Gasteiger partial charge < -0.3 is 11.1 Å². The Morgan fingerprint density at radius 3 is 2.20 bits per heavy atom. The van der Waals surface area contributed by atoms with Gasteiger partial charge in [0, 0.05) is 12.1 Å². The number of carbonyl (C=O) groups excluding carboxylic acids is 1. The third-order valence-corrected chi connectivity index (χ3v) is 5.38. The van der Waals surface area contributed by atoms with Crippen LogP contribution in [0.15, 0.2) is 0 Å². The first-order valence-corrected chi connectivity index (χ1v) is 8.74. The molecule has 3 nitrogen and oxygen atoms in total. The quantitative estimate of drug-likeness (QED) is 0.779. The minimum Gasteiger partial charge on any atom is -0.353 e. The van der Waals surface area contributed by atoms with Gasteiger partial charge in [-0.3, -0.25) is 4.79 Å². The summed E-state index contributed by atoms with van der Waals surface area (Å²) in [6.07, 6.45) is 13.5. The molecular weight excluding hydrogens is 248 g/mol. The Labute approximate surface area is 124 Å². The van der Waals surface area contributed by atoms with Crippen molar-refractivity contribution in [1.29, 1.82) is 0 Å². The topological polar surface area (TPSA) is 55.1 Å². The van der Waals surface area contributed by atoms with Gasteiger partial charge in [-0.2, -0.15) is 0 Å². The van der Waals surface area contributed by atoms with E-state index in [4.69, 9.17) is 5.73 Å². The fourth-order valence-corrected chi connectivity index (χ4v) is 3.92. The van der Waals surface area contributed by atoms with E-state index in [1.807, 2.05) is 0 Å². The second kappa shape index (κ2) is 8.02. The maximum absolute atomic E-state index is 12.5. The smallest absolute Gasteiger partial charge is 0.224 e. The highest BCUT2D eigenvalue weighted by atomic mass is 16.2. The molecule has 0 aromatic heterocycles. The number of hydrogen-bond donors (Lipinski definition) is 2. The Balaban J connectivity index is 1.85. The van der Waals surface area contributed by atoms with Crippen LogP contribution in [0.2, 0.25) is 0 Å². The molecule has 2 saturated carbocycles. The van der Waals surface area contributed by atoms with Crippen LogP contribution in [0.4, 0.5) is 0 Å². The van der Waals surface area contributed by atoms with E-state index >= 15 is 0 Å². The normalized spacial score (nSPS) is 31.1. The SMILES string of the molecule is C[C@@H](NC(=O)C1CCCCCC1N)C1CCCCCC1. The fraction of sp³-hybridized carbons (Fsp3) is 0.941. The molecule has 0 aliphatic heterocycles. The van der Waals surface area contributed by atoms with Gasteiger partial charge in [0.05, 0.1) is 5.92 Å². The van der Waals surface area contributed by atoms with Gasteiger partial charge in [-0.25, -0.2) is 0 Å². The van der Waals surface area contributed by atoms with Crippen molar-refractivity contribution in [2.45, 2.75) is 89.6 Å². The predicted molar refractivity (Wildman–Crippen MR) is 83.3 cm³/mol. The van der Waals surface area contributed by atoms with Crippen LogP contribution in [-0.2, 0) is 4.79 Å². The molecule has 2 aliphatic rings. The molecule has 0 saturated heterocycles. The van der Waals surface area contributed by atoms with Crippen LogP contribution in [0.1, 0.15) is 77.6 Å². The molecule has 0 radical (unpaired) electrons. The Hall–Kier alpha value is -0.570. The van der Waals surface area contributed by atoms with E-state index in [0.29, 0.717) is 12.0 Å². The molecule has 0 heterocycles.